The van der Waals surface area contributed by atoms with E-state index in [9.17, 15) is 27.6 Å². The Morgan fingerprint density at radius 1 is 1.11 bits per heavy atom. The summed E-state index contributed by atoms with van der Waals surface area (Å²) in [6, 6.07) is 12.2. The monoisotopic (exact) mass is 516 g/mol. The topological polar surface area (TPSA) is 76.2 Å². The molecule has 2 aliphatic heterocycles. The number of rotatable bonds is 6. The number of anilines is 1. The van der Waals surface area contributed by atoms with E-state index in [0.717, 1.165) is 22.6 Å². The maximum atomic E-state index is 13.5. The van der Waals surface area contributed by atoms with E-state index in [4.69, 9.17) is 9.47 Å². The first-order valence-corrected chi connectivity index (χ1v) is 11.9. The Morgan fingerprint density at radius 3 is 2.46 bits per heavy atom. The van der Waals surface area contributed by atoms with Gasteiger partial charge >= 0.3 is 18.2 Å². The van der Waals surface area contributed by atoms with Crippen LogP contribution in [0.15, 0.2) is 54.6 Å². The van der Waals surface area contributed by atoms with Crippen LogP contribution in [-0.4, -0.2) is 55.7 Å². The summed E-state index contributed by atoms with van der Waals surface area (Å²) in [4.78, 5) is 39.9. The lowest BCUT2D eigenvalue weighted by atomic mass is 9.95. The molecule has 2 heterocycles. The van der Waals surface area contributed by atoms with Crippen molar-refractivity contribution >= 4 is 29.7 Å². The van der Waals surface area contributed by atoms with Gasteiger partial charge in [0.15, 0.2) is 0 Å². The Kier molecular flexibility index (Phi) is 7.85. The van der Waals surface area contributed by atoms with Gasteiger partial charge in [0.2, 0.25) is 0 Å². The van der Waals surface area contributed by atoms with E-state index < -0.39 is 29.8 Å². The fraction of sp³-hybridized carbons (Fsp3) is 0.370. The number of alkyl halides is 3. The highest BCUT2D eigenvalue weighted by Crippen LogP contribution is 2.35. The van der Waals surface area contributed by atoms with E-state index in [-0.39, 0.29) is 18.5 Å². The number of esters is 1. The van der Waals surface area contributed by atoms with Crippen LogP contribution in [0.5, 0.6) is 0 Å². The number of benzene rings is 2. The fourth-order valence-corrected chi connectivity index (χ4v) is 4.67. The van der Waals surface area contributed by atoms with Crippen molar-refractivity contribution in [2.75, 3.05) is 31.7 Å². The molecule has 2 aromatic carbocycles. The highest BCUT2D eigenvalue weighted by molar-refractivity contribution is 6.02. The van der Waals surface area contributed by atoms with E-state index in [0.29, 0.717) is 43.6 Å². The highest BCUT2D eigenvalue weighted by atomic mass is 19.4. The van der Waals surface area contributed by atoms with Crippen molar-refractivity contribution in [3.63, 3.8) is 0 Å². The van der Waals surface area contributed by atoms with Crippen LogP contribution in [0.25, 0.3) is 6.08 Å². The summed E-state index contributed by atoms with van der Waals surface area (Å²) in [5.74, 6) is -1.26. The average Bonchev–Trinajstić information content (AvgIpc) is 3.26. The van der Waals surface area contributed by atoms with E-state index in [1.54, 1.807) is 4.90 Å². The highest BCUT2D eigenvalue weighted by Gasteiger charge is 2.37. The van der Waals surface area contributed by atoms with E-state index in [2.05, 4.69) is 0 Å². The lowest BCUT2D eigenvalue weighted by Gasteiger charge is -2.33. The number of hydrogen-bond donors (Lipinski definition) is 0. The number of ether oxygens (including phenoxy) is 2. The second kappa shape index (κ2) is 11.1. The summed E-state index contributed by atoms with van der Waals surface area (Å²) in [5, 5.41) is 0. The summed E-state index contributed by atoms with van der Waals surface area (Å²) >= 11 is 0. The average molecular weight is 517 g/mol. The lowest BCUT2D eigenvalue weighted by molar-refractivity contribution is -0.146. The largest absolute Gasteiger partial charge is 0.469 e. The number of amides is 2. The predicted molar refractivity (Wildman–Crippen MR) is 130 cm³/mol. The molecule has 0 N–H and O–H groups in total. The number of carbonyl (C=O) groups is 3. The quantitative estimate of drug-likeness (QED) is 0.409. The van der Waals surface area contributed by atoms with Crippen LogP contribution in [0.3, 0.4) is 0 Å². The molecule has 2 aliphatic rings. The SMILES string of the molecule is COC(=O)C1CCN(c2cc(C(F)(F)F)ccc2/C=C/C(=O)N2C(=O)OC[C@H]2Cc2ccccc2)CC1. The van der Waals surface area contributed by atoms with Crippen molar-refractivity contribution in [2.45, 2.75) is 31.5 Å². The molecule has 1 atom stereocenters. The fourth-order valence-electron chi connectivity index (χ4n) is 4.67. The second-order valence-corrected chi connectivity index (χ2v) is 9.02. The molecule has 0 spiro atoms. The molecule has 0 unspecified atom stereocenters. The third-order valence-electron chi connectivity index (χ3n) is 6.65. The number of nitrogens with zero attached hydrogens (tertiary/aromatic N) is 2. The van der Waals surface area contributed by atoms with Gasteiger partial charge in [-0.1, -0.05) is 36.4 Å². The zero-order chi connectivity index (χ0) is 26.6. The van der Waals surface area contributed by atoms with Crippen LogP contribution in [0.1, 0.15) is 29.5 Å². The number of cyclic esters (lactones) is 1. The molecule has 2 aromatic rings. The first kappa shape index (κ1) is 26.2. The molecular weight excluding hydrogens is 489 g/mol. The van der Waals surface area contributed by atoms with Crippen molar-refractivity contribution in [1.82, 2.24) is 4.90 Å². The van der Waals surface area contributed by atoms with Gasteiger partial charge in [-0.2, -0.15) is 13.2 Å². The van der Waals surface area contributed by atoms with Gasteiger partial charge in [-0.25, -0.2) is 9.69 Å². The summed E-state index contributed by atoms with van der Waals surface area (Å²) < 4.78 is 50.2. The minimum atomic E-state index is -4.54. The standard InChI is InChI=1S/C27H27F3N2O5/c1-36-25(34)20-11-13-31(14-12-20)23-16-21(27(28,29)30)9-7-19(23)8-10-24(33)32-22(17-37-26(32)35)15-18-5-3-2-4-6-18/h2-10,16,20,22H,11-15,17H2,1H3/b10-8+/t22-/m1/s1. The Hall–Kier alpha value is -3.82. The molecule has 4 rings (SSSR count). The normalized spacial score (nSPS) is 18.8. The molecule has 0 aromatic heterocycles. The van der Waals surface area contributed by atoms with Crippen molar-refractivity contribution in [1.29, 1.82) is 0 Å². The van der Waals surface area contributed by atoms with Crippen molar-refractivity contribution < 1.29 is 37.0 Å². The maximum absolute atomic E-state index is 13.5. The molecule has 0 bridgehead atoms. The molecule has 0 aliphatic carbocycles. The van der Waals surface area contributed by atoms with Crippen LogP contribution < -0.4 is 4.90 Å². The van der Waals surface area contributed by atoms with Crippen LogP contribution >= 0.6 is 0 Å². The van der Waals surface area contributed by atoms with E-state index in [1.165, 1.54) is 25.3 Å². The minimum absolute atomic E-state index is 0.0635. The molecule has 0 saturated carbocycles. The molecule has 37 heavy (non-hydrogen) atoms. The molecule has 196 valence electrons. The number of imide groups is 1. The molecular formula is C27H27F3N2O5. The lowest BCUT2D eigenvalue weighted by Crippen LogP contribution is -2.39. The number of piperidine rings is 1. The van der Waals surface area contributed by atoms with Crippen molar-refractivity contribution in [3.8, 4) is 0 Å². The van der Waals surface area contributed by atoms with Crippen LogP contribution in [0.2, 0.25) is 0 Å². The number of methoxy groups -OCH3 is 1. The van der Waals surface area contributed by atoms with Gasteiger partial charge in [-0.3, -0.25) is 9.59 Å². The van der Waals surface area contributed by atoms with Gasteiger partial charge in [-0.05, 0) is 48.6 Å². The number of hydrogen-bond acceptors (Lipinski definition) is 6. The maximum Gasteiger partial charge on any atom is 0.417 e. The van der Waals surface area contributed by atoms with Gasteiger partial charge in [0.05, 0.1) is 24.6 Å². The van der Waals surface area contributed by atoms with Crippen LogP contribution in [-0.2, 0) is 31.7 Å². The van der Waals surface area contributed by atoms with Crippen molar-refractivity contribution in [3.05, 3.63) is 71.3 Å². The first-order chi connectivity index (χ1) is 17.7. The van der Waals surface area contributed by atoms with E-state index in [1.807, 2.05) is 30.3 Å². The van der Waals surface area contributed by atoms with Gasteiger partial charge < -0.3 is 14.4 Å². The van der Waals surface area contributed by atoms with E-state index >= 15 is 0 Å². The van der Waals surface area contributed by atoms with Gasteiger partial charge in [0.1, 0.15) is 6.61 Å². The first-order valence-electron chi connectivity index (χ1n) is 11.9. The summed E-state index contributed by atoms with van der Waals surface area (Å²) in [5.41, 5.74) is 0.817. The Balaban J connectivity index is 1.55. The smallest absolute Gasteiger partial charge is 0.417 e. The molecule has 2 fully saturated rings. The third kappa shape index (κ3) is 6.12. The molecule has 2 amide bonds. The van der Waals surface area contributed by atoms with Crippen LogP contribution in [0, 0.1) is 5.92 Å². The minimum Gasteiger partial charge on any atom is -0.469 e. The third-order valence-corrected chi connectivity index (χ3v) is 6.65. The Labute approximate surface area is 212 Å². The predicted octanol–water partition coefficient (Wildman–Crippen LogP) is 4.70. The van der Waals surface area contributed by atoms with Gasteiger partial charge in [0, 0.05) is 24.9 Å². The Morgan fingerprint density at radius 2 is 1.81 bits per heavy atom. The van der Waals surface area contributed by atoms with Crippen molar-refractivity contribution in [2.24, 2.45) is 5.92 Å². The number of carbonyl (C=O) groups excluding carboxylic acids is 3. The second-order valence-electron chi connectivity index (χ2n) is 9.02. The molecule has 7 nitrogen and oxygen atoms in total. The molecule has 2 saturated heterocycles. The zero-order valence-electron chi connectivity index (χ0n) is 20.2. The zero-order valence-corrected chi connectivity index (χ0v) is 20.2. The Bertz CT molecular complexity index is 1170. The summed E-state index contributed by atoms with van der Waals surface area (Å²) in [6.07, 6.45) is -1.41. The summed E-state index contributed by atoms with van der Waals surface area (Å²) in [7, 11) is 1.31. The number of halogens is 3. The van der Waals surface area contributed by atoms with Gasteiger partial charge in [-0.15, -0.1) is 0 Å². The van der Waals surface area contributed by atoms with Gasteiger partial charge in [0.25, 0.3) is 5.91 Å². The summed E-state index contributed by atoms with van der Waals surface area (Å²) in [6.45, 7) is 0.773. The molecule has 0 radical (unpaired) electrons. The van der Waals surface area contributed by atoms with Crippen LogP contribution in [0.4, 0.5) is 23.7 Å². The molecule has 10 heteroatoms.